The lowest BCUT2D eigenvalue weighted by Gasteiger charge is -2.24. The lowest BCUT2D eigenvalue weighted by Crippen LogP contribution is -2.40. The first kappa shape index (κ1) is 12.9. The zero-order valence-electron chi connectivity index (χ0n) is 11.1. The van der Waals surface area contributed by atoms with Crippen LogP contribution in [0.25, 0.3) is 0 Å². The van der Waals surface area contributed by atoms with Crippen molar-refractivity contribution < 1.29 is 4.79 Å². The number of carbonyl (C=O) groups excluding carboxylic acids is 1. The van der Waals surface area contributed by atoms with Crippen LogP contribution in [0.3, 0.4) is 0 Å². The van der Waals surface area contributed by atoms with E-state index in [9.17, 15) is 4.79 Å². The van der Waals surface area contributed by atoms with Crippen LogP contribution in [-0.4, -0.2) is 24.6 Å². The van der Waals surface area contributed by atoms with Gasteiger partial charge in [-0.3, -0.25) is 9.80 Å². The zero-order valence-corrected chi connectivity index (χ0v) is 11.8. The monoisotopic (exact) mass is 287 g/mol. The van der Waals surface area contributed by atoms with Crippen LogP contribution in [0.2, 0.25) is 5.02 Å². The first-order chi connectivity index (χ1) is 9.66. The van der Waals surface area contributed by atoms with Gasteiger partial charge in [-0.2, -0.15) is 0 Å². The molecule has 2 aromatic rings. The van der Waals surface area contributed by atoms with Gasteiger partial charge >= 0.3 is 6.03 Å². The number of amides is 2. The third kappa shape index (κ3) is 2.23. The van der Waals surface area contributed by atoms with Gasteiger partial charge in [0.25, 0.3) is 0 Å². The van der Waals surface area contributed by atoms with Gasteiger partial charge in [-0.25, -0.2) is 9.78 Å². The number of hydrogen-bond acceptors (Lipinski definition) is 2. The van der Waals surface area contributed by atoms with E-state index in [-0.39, 0.29) is 6.03 Å². The van der Waals surface area contributed by atoms with Crippen LogP contribution < -0.4 is 9.80 Å². The molecule has 102 valence electrons. The summed E-state index contributed by atoms with van der Waals surface area (Å²) in [5, 5.41) is 0.557. The zero-order chi connectivity index (χ0) is 14.1. The molecule has 0 radical (unpaired) electrons. The summed E-state index contributed by atoms with van der Waals surface area (Å²) in [4.78, 5) is 20.1. The summed E-state index contributed by atoms with van der Waals surface area (Å²) in [6.07, 6.45) is 2.43. The van der Waals surface area contributed by atoms with Gasteiger partial charge < -0.3 is 0 Å². The van der Waals surface area contributed by atoms with Gasteiger partial charge in [-0.15, -0.1) is 0 Å². The molecule has 0 fully saturated rings. The summed E-state index contributed by atoms with van der Waals surface area (Å²) in [5.74, 6) is 0.587. The minimum atomic E-state index is -0.0789. The van der Waals surface area contributed by atoms with Gasteiger partial charge in [0.2, 0.25) is 0 Å². The van der Waals surface area contributed by atoms with Gasteiger partial charge in [0.1, 0.15) is 5.82 Å². The molecular weight excluding hydrogens is 274 g/mol. The van der Waals surface area contributed by atoms with Crippen molar-refractivity contribution in [3.8, 4) is 0 Å². The number of carbonyl (C=O) groups is 1. The van der Waals surface area contributed by atoms with Crippen LogP contribution in [-0.2, 0) is 6.42 Å². The summed E-state index contributed by atoms with van der Waals surface area (Å²) in [7, 11) is 1.72. The van der Waals surface area contributed by atoms with Gasteiger partial charge in [-0.1, -0.05) is 29.8 Å². The number of halogens is 1. The molecule has 1 aliphatic heterocycles. The fraction of sp³-hybridized carbons (Fsp3) is 0.200. The molecule has 3 rings (SSSR count). The highest BCUT2D eigenvalue weighted by molar-refractivity contribution is 6.30. The number of hydrogen-bond donors (Lipinski definition) is 0. The molecule has 0 saturated carbocycles. The largest absolute Gasteiger partial charge is 0.329 e. The third-order valence-electron chi connectivity index (χ3n) is 3.46. The summed E-state index contributed by atoms with van der Waals surface area (Å²) in [6.45, 7) is 0.704. The van der Waals surface area contributed by atoms with Gasteiger partial charge in [0.15, 0.2) is 0 Å². The van der Waals surface area contributed by atoms with Crippen molar-refractivity contribution in [2.24, 2.45) is 0 Å². The summed E-state index contributed by atoms with van der Waals surface area (Å²) < 4.78 is 0. The van der Waals surface area contributed by atoms with E-state index in [1.807, 2.05) is 18.2 Å². The molecule has 0 saturated heterocycles. The quantitative estimate of drug-likeness (QED) is 0.806. The van der Waals surface area contributed by atoms with E-state index in [0.717, 1.165) is 12.1 Å². The van der Waals surface area contributed by atoms with Crippen LogP contribution in [0.1, 0.15) is 5.56 Å². The second-order valence-electron chi connectivity index (χ2n) is 4.71. The minimum Gasteiger partial charge on any atom is -0.293 e. The second kappa shape index (κ2) is 5.13. The fourth-order valence-corrected chi connectivity index (χ4v) is 2.49. The van der Waals surface area contributed by atoms with Crippen LogP contribution in [0, 0.1) is 0 Å². The Balaban J connectivity index is 1.85. The van der Waals surface area contributed by atoms with Crippen LogP contribution in [0.5, 0.6) is 0 Å². The molecule has 1 aromatic heterocycles. The highest BCUT2D eigenvalue weighted by atomic mass is 35.5. The Hall–Kier alpha value is -2.07. The summed E-state index contributed by atoms with van der Waals surface area (Å²) in [6, 6.07) is 11.4. The maximum atomic E-state index is 12.6. The second-order valence-corrected chi connectivity index (χ2v) is 5.14. The van der Waals surface area contributed by atoms with Crippen molar-refractivity contribution in [1.29, 1.82) is 0 Å². The van der Waals surface area contributed by atoms with E-state index in [1.54, 1.807) is 35.2 Å². The summed E-state index contributed by atoms with van der Waals surface area (Å²) >= 11 is 5.81. The Labute approximate surface area is 122 Å². The molecule has 0 bridgehead atoms. The number of nitrogens with zero attached hydrogens (tertiary/aromatic N) is 3. The number of anilines is 2. The number of fused-ring (bicyclic) bond motifs is 1. The lowest BCUT2D eigenvalue weighted by molar-refractivity contribution is 0.253. The smallest absolute Gasteiger partial charge is 0.293 e. The predicted octanol–water partition coefficient (Wildman–Crippen LogP) is 3.35. The Morgan fingerprint density at radius 2 is 2.10 bits per heavy atom. The summed E-state index contributed by atoms with van der Waals surface area (Å²) in [5.41, 5.74) is 2.19. The molecule has 0 N–H and O–H groups in total. The number of aromatic nitrogens is 1. The topological polar surface area (TPSA) is 36.4 Å². The van der Waals surface area contributed by atoms with Crippen molar-refractivity contribution >= 4 is 29.1 Å². The van der Waals surface area contributed by atoms with Gasteiger partial charge in [-0.05, 0) is 30.2 Å². The lowest BCUT2D eigenvalue weighted by atomic mass is 10.2. The molecule has 0 unspecified atom stereocenters. The average Bonchev–Trinajstić information content (AvgIpc) is 2.90. The molecule has 5 heteroatoms. The Morgan fingerprint density at radius 1 is 1.30 bits per heavy atom. The van der Waals surface area contributed by atoms with Crippen LogP contribution in [0.4, 0.5) is 16.3 Å². The first-order valence-electron chi connectivity index (χ1n) is 6.41. The molecule has 2 amide bonds. The van der Waals surface area contributed by atoms with Gasteiger partial charge in [0, 0.05) is 25.5 Å². The SMILES string of the molecule is CN(C(=O)N1CCc2ccccc21)c1ccc(Cl)cn1. The van der Waals surface area contributed by atoms with E-state index in [0.29, 0.717) is 17.4 Å². The highest BCUT2D eigenvalue weighted by Crippen LogP contribution is 2.28. The Kier molecular flexibility index (Phi) is 3.32. The predicted molar refractivity (Wildman–Crippen MR) is 80.5 cm³/mol. The van der Waals surface area contributed by atoms with Gasteiger partial charge in [0.05, 0.1) is 5.02 Å². The molecule has 4 nitrogen and oxygen atoms in total. The van der Waals surface area contributed by atoms with E-state index in [1.165, 1.54) is 5.56 Å². The number of benzene rings is 1. The first-order valence-corrected chi connectivity index (χ1v) is 6.79. The van der Waals surface area contributed by atoms with Crippen molar-refractivity contribution in [3.63, 3.8) is 0 Å². The van der Waals surface area contributed by atoms with Crippen molar-refractivity contribution in [2.45, 2.75) is 6.42 Å². The molecule has 1 aliphatic rings. The fourth-order valence-electron chi connectivity index (χ4n) is 2.38. The minimum absolute atomic E-state index is 0.0789. The molecular formula is C15H14ClN3O. The third-order valence-corrected chi connectivity index (χ3v) is 3.68. The number of para-hydroxylation sites is 1. The molecule has 0 atom stereocenters. The molecule has 0 aliphatic carbocycles. The average molecular weight is 288 g/mol. The van der Waals surface area contributed by atoms with E-state index < -0.39 is 0 Å². The maximum absolute atomic E-state index is 12.6. The van der Waals surface area contributed by atoms with Crippen LogP contribution in [0.15, 0.2) is 42.6 Å². The molecule has 20 heavy (non-hydrogen) atoms. The normalized spacial score (nSPS) is 13.2. The van der Waals surface area contributed by atoms with E-state index in [2.05, 4.69) is 11.1 Å². The maximum Gasteiger partial charge on any atom is 0.329 e. The number of urea groups is 1. The Bertz CT molecular complexity index is 642. The van der Waals surface area contributed by atoms with Crippen LogP contribution >= 0.6 is 11.6 Å². The molecule has 2 heterocycles. The highest BCUT2D eigenvalue weighted by Gasteiger charge is 2.27. The number of rotatable bonds is 1. The molecule has 0 spiro atoms. The van der Waals surface area contributed by atoms with Crippen molar-refractivity contribution in [1.82, 2.24) is 4.98 Å². The van der Waals surface area contributed by atoms with E-state index in [4.69, 9.17) is 11.6 Å². The number of pyridine rings is 1. The van der Waals surface area contributed by atoms with E-state index >= 15 is 0 Å². The molecule has 1 aromatic carbocycles. The standard InChI is InChI=1S/C15H14ClN3O/c1-18(14-7-6-12(16)10-17-14)15(20)19-9-8-11-4-2-3-5-13(11)19/h2-7,10H,8-9H2,1H3. The van der Waals surface area contributed by atoms with Crippen molar-refractivity contribution in [2.75, 3.05) is 23.4 Å². The van der Waals surface area contributed by atoms with Crippen molar-refractivity contribution in [3.05, 3.63) is 53.2 Å². The Morgan fingerprint density at radius 3 is 2.85 bits per heavy atom.